The van der Waals surface area contributed by atoms with Crippen molar-refractivity contribution in [1.82, 2.24) is 5.32 Å². The third-order valence-electron chi connectivity index (χ3n) is 4.04. The van der Waals surface area contributed by atoms with Crippen molar-refractivity contribution in [3.8, 4) is 11.5 Å². The number of rotatable bonds is 5. The molecule has 0 spiro atoms. The molecule has 0 fully saturated rings. The lowest BCUT2D eigenvalue weighted by Crippen LogP contribution is -2.31. The van der Waals surface area contributed by atoms with Gasteiger partial charge in [-0.1, -0.05) is 29.8 Å². The average Bonchev–Trinajstić information content (AvgIpc) is 2.91. The van der Waals surface area contributed by atoms with E-state index in [9.17, 15) is 5.11 Å². The van der Waals surface area contributed by atoms with Crippen molar-refractivity contribution in [3.05, 3.63) is 53.1 Å². The van der Waals surface area contributed by atoms with E-state index in [0.717, 1.165) is 17.9 Å². The van der Waals surface area contributed by atoms with E-state index in [1.54, 1.807) is 12.1 Å². The fourth-order valence-electron chi connectivity index (χ4n) is 2.71. The molecule has 3 N–H and O–H groups in total. The summed E-state index contributed by atoms with van der Waals surface area (Å²) in [6, 6.07) is 12.9. The van der Waals surface area contributed by atoms with Crippen LogP contribution in [0.3, 0.4) is 0 Å². The fraction of sp³-hybridized carbons (Fsp3) is 0.350. The highest BCUT2D eigenvalue weighted by Gasteiger charge is 2.13. The highest BCUT2D eigenvalue weighted by Crippen LogP contribution is 2.32. The van der Waals surface area contributed by atoms with Gasteiger partial charge in [0, 0.05) is 35.3 Å². The fourth-order valence-corrected chi connectivity index (χ4v) is 2.97. The van der Waals surface area contributed by atoms with Crippen molar-refractivity contribution in [2.75, 3.05) is 31.6 Å². The summed E-state index contributed by atoms with van der Waals surface area (Å²) in [7, 11) is 0. The summed E-state index contributed by atoms with van der Waals surface area (Å²) in [5.41, 5.74) is 1.49. The van der Waals surface area contributed by atoms with Crippen molar-refractivity contribution in [2.24, 2.45) is 4.99 Å². The Morgan fingerprint density at radius 1 is 1.19 bits per heavy atom. The number of halogens is 1. The first-order valence-electron chi connectivity index (χ1n) is 9.05. The topological polar surface area (TPSA) is 75.1 Å². The van der Waals surface area contributed by atoms with Crippen molar-refractivity contribution < 1.29 is 14.6 Å². The number of hydrogen-bond donors (Lipinski definition) is 3. The number of aliphatic imine (C=N–C) groups is 1. The number of nitrogens with zero attached hydrogens (tertiary/aromatic N) is 1. The van der Waals surface area contributed by atoms with Gasteiger partial charge in [0.05, 0.1) is 19.8 Å². The van der Waals surface area contributed by atoms with Gasteiger partial charge >= 0.3 is 0 Å². The van der Waals surface area contributed by atoms with Crippen LogP contribution in [0.2, 0.25) is 5.02 Å². The third kappa shape index (κ3) is 5.28. The van der Waals surface area contributed by atoms with E-state index >= 15 is 0 Å². The molecule has 0 amide bonds. The van der Waals surface area contributed by atoms with Gasteiger partial charge in [0.2, 0.25) is 0 Å². The van der Waals surface area contributed by atoms with Crippen molar-refractivity contribution in [2.45, 2.75) is 19.4 Å². The lowest BCUT2D eigenvalue weighted by Gasteiger charge is -2.15. The molecular weight excluding hydrogens is 366 g/mol. The van der Waals surface area contributed by atoms with E-state index < -0.39 is 6.10 Å². The highest BCUT2D eigenvalue weighted by atomic mass is 35.5. The first-order chi connectivity index (χ1) is 13.2. The minimum atomic E-state index is -0.780. The van der Waals surface area contributed by atoms with Crippen LogP contribution in [0.1, 0.15) is 25.0 Å². The molecule has 1 unspecified atom stereocenters. The highest BCUT2D eigenvalue weighted by molar-refractivity contribution is 6.31. The minimum absolute atomic E-state index is 0.184. The quantitative estimate of drug-likeness (QED) is 0.538. The number of hydrogen-bond acceptors (Lipinski definition) is 4. The Hall–Kier alpha value is -2.44. The molecule has 3 rings (SSSR count). The Labute approximate surface area is 164 Å². The number of fused-ring (bicyclic) bond motifs is 1. The molecule has 1 atom stereocenters. The number of aliphatic hydroxyl groups is 1. The maximum atomic E-state index is 10.4. The standard InChI is InChI=1S/C20H24ClN3O3/c1-2-22-20(23-13-17(25)15-6-3-4-7-16(15)21)24-14-8-9-18-19(12-14)27-11-5-10-26-18/h3-4,6-9,12,17,25H,2,5,10-11,13H2,1H3,(H2,22,23,24). The summed E-state index contributed by atoms with van der Waals surface area (Å²) in [5, 5.41) is 17.3. The average molecular weight is 390 g/mol. The van der Waals surface area contributed by atoms with Gasteiger partial charge in [0.15, 0.2) is 17.5 Å². The van der Waals surface area contributed by atoms with Gasteiger partial charge in [-0.15, -0.1) is 0 Å². The Kier molecular flexibility index (Phi) is 6.79. The first-order valence-corrected chi connectivity index (χ1v) is 9.42. The molecule has 0 bridgehead atoms. The summed E-state index contributed by atoms with van der Waals surface area (Å²) in [5.74, 6) is 2.02. The van der Waals surface area contributed by atoms with Gasteiger partial charge in [-0.05, 0) is 25.1 Å². The summed E-state index contributed by atoms with van der Waals surface area (Å²) >= 11 is 6.14. The van der Waals surface area contributed by atoms with Gasteiger partial charge in [-0.2, -0.15) is 0 Å². The lowest BCUT2D eigenvalue weighted by molar-refractivity contribution is 0.187. The lowest BCUT2D eigenvalue weighted by atomic mass is 10.1. The summed E-state index contributed by atoms with van der Waals surface area (Å²) in [4.78, 5) is 4.47. The van der Waals surface area contributed by atoms with Gasteiger partial charge in [0.1, 0.15) is 6.10 Å². The maximum Gasteiger partial charge on any atom is 0.195 e. The summed E-state index contributed by atoms with van der Waals surface area (Å²) < 4.78 is 11.4. The van der Waals surface area contributed by atoms with E-state index in [1.807, 2.05) is 37.3 Å². The predicted molar refractivity (Wildman–Crippen MR) is 108 cm³/mol. The molecule has 1 aliphatic heterocycles. The predicted octanol–water partition coefficient (Wildman–Crippen LogP) is 3.61. The molecule has 2 aromatic carbocycles. The number of aliphatic hydroxyl groups excluding tert-OH is 1. The molecule has 1 aliphatic rings. The second-order valence-corrected chi connectivity index (χ2v) is 6.50. The van der Waals surface area contributed by atoms with Crippen molar-refractivity contribution in [1.29, 1.82) is 0 Å². The zero-order chi connectivity index (χ0) is 19.1. The number of anilines is 1. The molecule has 0 radical (unpaired) electrons. The second kappa shape index (κ2) is 9.48. The van der Waals surface area contributed by atoms with Crippen LogP contribution in [0.15, 0.2) is 47.5 Å². The molecule has 0 aliphatic carbocycles. The first kappa shape index (κ1) is 19.3. The van der Waals surface area contributed by atoms with Crippen LogP contribution in [0.4, 0.5) is 5.69 Å². The van der Waals surface area contributed by atoms with E-state index in [4.69, 9.17) is 21.1 Å². The molecule has 27 heavy (non-hydrogen) atoms. The number of nitrogens with one attached hydrogen (secondary N) is 2. The zero-order valence-electron chi connectivity index (χ0n) is 15.2. The van der Waals surface area contributed by atoms with E-state index in [1.165, 1.54) is 0 Å². The Balaban J connectivity index is 1.71. The largest absolute Gasteiger partial charge is 0.490 e. The molecule has 0 saturated carbocycles. The zero-order valence-corrected chi connectivity index (χ0v) is 16.0. The Bertz CT molecular complexity index is 798. The number of benzene rings is 2. The van der Waals surface area contributed by atoms with E-state index in [2.05, 4.69) is 15.6 Å². The Morgan fingerprint density at radius 3 is 2.74 bits per heavy atom. The van der Waals surface area contributed by atoms with Crippen LogP contribution < -0.4 is 20.1 Å². The summed E-state index contributed by atoms with van der Waals surface area (Å²) in [6.45, 7) is 4.15. The van der Waals surface area contributed by atoms with Crippen LogP contribution in [0.25, 0.3) is 0 Å². The molecule has 2 aromatic rings. The van der Waals surface area contributed by atoms with Crippen LogP contribution in [-0.2, 0) is 0 Å². The van der Waals surface area contributed by atoms with E-state index in [-0.39, 0.29) is 6.54 Å². The molecule has 0 saturated heterocycles. The SMILES string of the molecule is CCNC(=NCC(O)c1ccccc1Cl)Nc1ccc2c(c1)OCCCO2. The minimum Gasteiger partial charge on any atom is -0.490 e. The van der Waals surface area contributed by atoms with Crippen molar-refractivity contribution >= 4 is 23.2 Å². The molecule has 1 heterocycles. The normalized spacial score (nSPS) is 15.0. The van der Waals surface area contributed by atoms with Gasteiger partial charge < -0.3 is 25.2 Å². The van der Waals surface area contributed by atoms with Gasteiger partial charge in [0.25, 0.3) is 0 Å². The second-order valence-electron chi connectivity index (χ2n) is 6.09. The van der Waals surface area contributed by atoms with Crippen LogP contribution in [-0.4, -0.2) is 37.4 Å². The van der Waals surface area contributed by atoms with Crippen LogP contribution in [0, 0.1) is 0 Å². The Morgan fingerprint density at radius 2 is 1.96 bits per heavy atom. The maximum absolute atomic E-state index is 10.4. The van der Waals surface area contributed by atoms with Crippen LogP contribution >= 0.6 is 11.6 Å². The van der Waals surface area contributed by atoms with Crippen LogP contribution in [0.5, 0.6) is 11.5 Å². The molecular formula is C20H24ClN3O3. The summed E-state index contributed by atoms with van der Waals surface area (Å²) in [6.07, 6.45) is 0.0829. The number of ether oxygens (including phenoxy) is 2. The third-order valence-corrected chi connectivity index (χ3v) is 4.39. The monoisotopic (exact) mass is 389 g/mol. The van der Waals surface area contributed by atoms with Crippen molar-refractivity contribution in [3.63, 3.8) is 0 Å². The number of guanidine groups is 1. The van der Waals surface area contributed by atoms with Gasteiger partial charge in [-0.3, -0.25) is 0 Å². The smallest absolute Gasteiger partial charge is 0.195 e. The van der Waals surface area contributed by atoms with E-state index in [0.29, 0.717) is 42.1 Å². The molecule has 144 valence electrons. The molecule has 6 nitrogen and oxygen atoms in total. The molecule has 7 heteroatoms. The molecule has 0 aromatic heterocycles. The van der Waals surface area contributed by atoms with Gasteiger partial charge in [-0.25, -0.2) is 4.99 Å².